The fourth-order valence-electron chi connectivity index (χ4n) is 4.13. The number of fused-ring (bicyclic) bond motifs is 1. The van der Waals surface area contributed by atoms with Crippen LogP contribution in [0, 0.1) is 11.7 Å². The molecule has 2 aliphatic rings. The zero-order chi connectivity index (χ0) is 21.1. The number of benzene rings is 1. The summed E-state index contributed by atoms with van der Waals surface area (Å²) in [5.74, 6) is 0.831. The van der Waals surface area contributed by atoms with E-state index < -0.39 is 6.10 Å². The number of rotatable bonds is 9. The van der Waals surface area contributed by atoms with E-state index in [1.165, 1.54) is 29.9 Å². The molecule has 1 N–H and O–H groups in total. The molecule has 4 rings (SSSR count). The molecule has 0 spiro atoms. The summed E-state index contributed by atoms with van der Waals surface area (Å²) in [7, 11) is 0. The highest BCUT2D eigenvalue weighted by molar-refractivity contribution is 7.10. The molecule has 1 amide bonds. The number of carbonyl (C=O) groups excluding carboxylic acids is 1. The van der Waals surface area contributed by atoms with Crippen LogP contribution in [0.1, 0.15) is 36.2 Å². The standard InChI is InChI=1S/C23H29FN2O3S/c1-16(27)12-25(13-17-5-6-17)14-23(28)26-9-7-22-20(8-10-30-22)21(26)15-29-19-4-2-3-18(24)11-19/h2-4,8,10-11,16-17,21,27H,5-7,9,12-15H2,1H3/t16-,21-/m0/s1. The number of nitrogens with zero attached hydrogens (tertiary/aromatic N) is 2. The van der Waals surface area contributed by atoms with Crippen LogP contribution in [-0.4, -0.2) is 59.7 Å². The average Bonchev–Trinajstić information content (AvgIpc) is 3.37. The third-order valence-corrected chi connectivity index (χ3v) is 6.71. The molecule has 2 heterocycles. The van der Waals surface area contributed by atoms with Gasteiger partial charge in [0.2, 0.25) is 5.91 Å². The Labute approximate surface area is 181 Å². The topological polar surface area (TPSA) is 53.0 Å². The SMILES string of the molecule is C[C@H](O)CN(CC(=O)N1CCc2sccc2[C@@H]1COc1cccc(F)c1)CC1CC1. The first-order valence-corrected chi connectivity index (χ1v) is 11.5. The lowest BCUT2D eigenvalue weighted by Gasteiger charge is -2.37. The third-order valence-electron chi connectivity index (χ3n) is 5.71. The lowest BCUT2D eigenvalue weighted by molar-refractivity contribution is -0.136. The second-order valence-corrected chi connectivity index (χ2v) is 9.41. The summed E-state index contributed by atoms with van der Waals surface area (Å²) in [5.41, 5.74) is 1.13. The van der Waals surface area contributed by atoms with Gasteiger partial charge in [-0.05, 0) is 61.2 Å². The molecule has 0 saturated heterocycles. The van der Waals surface area contributed by atoms with Crippen molar-refractivity contribution >= 4 is 17.2 Å². The van der Waals surface area contributed by atoms with Crippen LogP contribution in [0.15, 0.2) is 35.7 Å². The van der Waals surface area contributed by atoms with Crippen LogP contribution in [0.5, 0.6) is 5.75 Å². The highest BCUT2D eigenvalue weighted by atomic mass is 32.1. The van der Waals surface area contributed by atoms with Gasteiger partial charge in [0.25, 0.3) is 0 Å². The van der Waals surface area contributed by atoms with E-state index in [-0.39, 0.29) is 24.4 Å². The van der Waals surface area contributed by atoms with Gasteiger partial charge >= 0.3 is 0 Å². The zero-order valence-electron chi connectivity index (χ0n) is 17.3. The van der Waals surface area contributed by atoms with Gasteiger partial charge < -0.3 is 14.7 Å². The molecule has 1 aromatic heterocycles. The van der Waals surface area contributed by atoms with Crippen LogP contribution in [0.25, 0.3) is 0 Å². The first kappa shape index (κ1) is 21.3. The second kappa shape index (κ2) is 9.45. The average molecular weight is 433 g/mol. The van der Waals surface area contributed by atoms with Gasteiger partial charge in [-0.25, -0.2) is 4.39 Å². The predicted octanol–water partition coefficient (Wildman–Crippen LogP) is 3.48. The van der Waals surface area contributed by atoms with E-state index in [2.05, 4.69) is 16.3 Å². The fraction of sp³-hybridized carbons (Fsp3) is 0.522. The Balaban J connectivity index is 1.47. The number of aliphatic hydroxyl groups excluding tert-OH is 1. The van der Waals surface area contributed by atoms with Gasteiger partial charge in [0.1, 0.15) is 18.2 Å². The largest absolute Gasteiger partial charge is 0.491 e. The molecule has 1 saturated carbocycles. The summed E-state index contributed by atoms with van der Waals surface area (Å²) in [6, 6.07) is 7.98. The summed E-state index contributed by atoms with van der Waals surface area (Å²) in [4.78, 5) is 18.6. The first-order chi connectivity index (χ1) is 14.5. The van der Waals surface area contributed by atoms with Crippen molar-refractivity contribution in [2.75, 3.05) is 32.8 Å². The Kier molecular flexibility index (Phi) is 6.71. The molecule has 2 aromatic rings. The Hall–Kier alpha value is -1.96. The minimum absolute atomic E-state index is 0.0565. The molecule has 162 valence electrons. The van der Waals surface area contributed by atoms with Crippen LogP contribution in [0.2, 0.25) is 0 Å². The molecule has 0 bridgehead atoms. The van der Waals surface area contributed by atoms with Crippen molar-refractivity contribution in [3.05, 3.63) is 52.0 Å². The monoisotopic (exact) mass is 432 g/mol. The molecule has 0 radical (unpaired) electrons. The highest BCUT2D eigenvalue weighted by Crippen LogP contribution is 2.34. The number of halogens is 1. The van der Waals surface area contributed by atoms with Crippen molar-refractivity contribution in [2.45, 2.75) is 38.3 Å². The Morgan fingerprint density at radius 3 is 2.97 bits per heavy atom. The van der Waals surface area contributed by atoms with Gasteiger partial charge in [-0.15, -0.1) is 11.3 Å². The number of ether oxygens (including phenoxy) is 1. The van der Waals surface area contributed by atoms with Crippen molar-refractivity contribution in [2.24, 2.45) is 5.92 Å². The summed E-state index contributed by atoms with van der Waals surface area (Å²) in [6.07, 6.45) is 2.79. The number of carbonyl (C=O) groups is 1. The van der Waals surface area contributed by atoms with Crippen molar-refractivity contribution in [1.29, 1.82) is 0 Å². The van der Waals surface area contributed by atoms with E-state index in [4.69, 9.17) is 4.74 Å². The fourth-order valence-corrected chi connectivity index (χ4v) is 5.06. The normalized spacial score (nSPS) is 19.6. The van der Waals surface area contributed by atoms with Crippen LogP contribution in [0.3, 0.4) is 0 Å². The molecule has 30 heavy (non-hydrogen) atoms. The van der Waals surface area contributed by atoms with Crippen molar-refractivity contribution in [3.63, 3.8) is 0 Å². The van der Waals surface area contributed by atoms with Crippen molar-refractivity contribution in [1.82, 2.24) is 9.80 Å². The summed E-state index contributed by atoms with van der Waals surface area (Å²) in [5, 5.41) is 11.9. The predicted molar refractivity (Wildman–Crippen MR) is 115 cm³/mol. The number of thiophene rings is 1. The van der Waals surface area contributed by atoms with Gasteiger partial charge in [-0.1, -0.05) is 6.07 Å². The maximum absolute atomic E-state index is 13.5. The third kappa shape index (κ3) is 5.39. The summed E-state index contributed by atoms with van der Waals surface area (Å²) < 4.78 is 19.4. The Bertz CT molecular complexity index is 864. The maximum Gasteiger partial charge on any atom is 0.237 e. The molecule has 0 unspecified atom stereocenters. The lowest BCUT2D eigenvalue weighted by atomic mass is 10.0. The molecule has 5 nitrogen and oxygen atoms in total. The van der Waals surface area contributed by atoms with Crippen LogP contribution >= 0.6 is 11.3 Å². The van der Waals surface area contributed by atoms with Gasteiger partial charge in [0.05, 0.1) is 18.7 Å². The number of amides is 1. The lowest BCUT2D eigenvalue weighted by Crippen LogP contribution is -2.48. The van der Waals surface area contributed by atoms with Crippen molar-refractivity contribution in [3.8, 4) is 5.75 Å². The van der Waals surface area contributed by atoms with Crippen LogP contribution < -0.4 is 4.74 Å². The van der Waals surface area contributed by atoms with E-state index in [0.717, 1.165) is 18.5 Å². The highest BCUT2D eigenvalue weighted by Gasteiger charge is 2.34. The quantitative estimate of drug-likeness (QED) is 0.659. The van der Waals surface area contributed by atoms with E-state index in [1.807, 2.05) is 4.90 Å². The molecule has 2 atom stereocenters. The zero-order valence-corrected chi connectivity index (χ0v) is 18.1. The van der Waals surface area contributed by atoms with Crippen LogP contribution in [0.4, 0.5) is 4.39 Å². The smallest absolute Gasteiger partial charge is 0.237 e. The summed E-state index contributed by atoms with van der Waals surface area (Å²) in [6.45, 7) is 4.37. The second-order valence-electron chi connectivity index (χ2n) is 8.41. The number of hydrogen-bond acceptors (Lipinski definition) is 5. The molecule has 1 aliphatic heterocycles. The number of aliphatic hydroxyl groups is 1. The Morgan fingerprint density at radius 1 is 1.40 bits per heavy atom. The molecule has 7 heteroatoms. The molecule has 1 fully saturated rings. The molecular formula is C23H29FN2O3S. The summed E-state index contributed by atoms with van der Waals surface area (Å²) >= 11 is 1.71. The van der Waals surface area contributed by atoms with Gasteiger partial charge in [0.15, 0.2) is 0 Å². The molecule has 1 aromatic carbocycles. The van der Waals surface area contributed by atoms with E-state index in [9.17, 15) is 14.3 Å². The first-order valence-electron chi connectivity index (χ1n) is 10.6. The number of hydrogen-bond donors (Lipinski definition) is 1. The van der Waals surface area contributed by atoms with E-state index in [1.54, 1.807) is 30.4 Å². The van der Waals surface area contributed by atoms with Gasteiger partial charge in [0, 0.05) is 30.6 Å². The van der Waals surface area contributed by atoms with E-state index >= 15 is 0 Å². The van der Waals surface area contributed by atoms with Gasteiger partial charge in [-0.2, -0.15) is 0 Å². The maximum atomic E-state index is 13.5. The van der Waals surface area contributed by atoms with Crippen molar-refractivity contribution < 1.29 is 19.0 Å². The molecule has 1 aliphatic carbocycles. The Morgan fingerprint density at radius 2 is 2.23 bits per heavy atom. The minimum atomic E-state index is -0.464. The molecular weight excluding hydrogens is 403 g/mol. The van der Waals surface area contributed by atoms with E-state index in [0.29, 0.717) is 31.3 Å². The van der Waals surface area contributed by atoms with Gasteiger partial charge in [-0.3, -0.25) is 9.69 Å². The van der Waals surface area contributed by atoms with Crippen LogP contribution in [-0.2, 0) is 11.2 Å². The minimum Gasteiger partial charge on any atom is -0.491 e.